The maximum absolute atomic E-state index is 4.96. The van der Waals surface area contributed by atoms with Crippen LogP contribution in [0.2, 0.25) is 6.04 Å². The largest absolute Gasteiger partial charge is 0.421 e. The van der Waals surface area contributed by atoms with E-state index in [1.165, 1.54) is 6.04 Å². The summed E-state index contributed by atoms with van der Waals surface area (Å²) in [6, 6.07) is 1.18. The quantitative estimate of drug-likeness (QED) is 0.570. The Bertz CT molecular complexity index is 61.0. The molecule has 1 unspecified atom stereocenters. The highest BCUT2D eigenvalue weighted by molar-refractivity contribution is 6.27. The van der Waals surface area contributed by atoms with Gasteiger partial charge in [0.15, 0.2) is 0 Å². The molecule has 2 radical (unpaired) electrons. The molecule has 0 aromatic carbocycles. The fraction of sp³-hybridized carbons (Fsp3) is 1.00. The van der Waals surface area contributed by atoms with Crippen LogP contribution in [0.4, 0.5) is 0 Å². The van der Waals surface area contributed by atoms with Crippen LogP contribution in [0.15, 0.2) is 0 Å². The average molecular weight is 145 g/mol. The molecule has 0 aromatic rings. The van der Waals surface area contributed by atoms with E-state index in [2.05, 4.69) is 12.2 Å². The molecule has 0 aliphatic carbocycles. The molecule has 3 heteroatoms. The van der Waals surface area contributed by atoms with Crippen molar-refractivity contribution < 1.29 is 4.43 Å². The Morgan fingerprint density at radius 1 is 1.67 bits per heavy atom. The van der Waals surface area contributed by atoms with Gasteiger partial charge in [-0.1, -0.05) is 6.92 Å². The minimum Gasteiger partial charge on any atom is -0.421 e. The highest BCUT2D eigenvalue weighted by Gasteiger charge is 1.99. The second kappa shape index (κ2) is 6.26. The summed E-state index contributed by atoms with van der Waals surface area (Å²) in [5, 5.41) is 3.13. The number of hydrogen-bond donors (Lipinski definition) is 1. The molecule has 0 aromatic heterocycles. The number of rotatable bonds is 5. The summed E-state index contributed by atoms with van der Waals surface area (Å²) >= 11 is 0. The van der Waals surface area contributed by atoms with E-state index in [-0.39, 0.29) is 0 Å². The van der Waals surface area contributed by atoms with E-state index >= 15 is 0 Å². The van der Waals surface area contributed by atoms with Crippen LogP contribution < -0.4 is 5.32 Å². The lowest BCUT2D eigenvalue weighted by Crippen LogP contribution is -2.17. The van der Waals surface area contributed by atoms with Crippen LogP contribution in [0.5, 0.6) is 0 Å². The molecule has 0 saturated heterocycles. The standard InChI is InChI=1S/C6H15NOSi/c1-6(4-7-2)5-9-8-3/h6-7H,4-5H2,1-3H3. The SMILES string of the molecule is CNCC(C)C[Si]OC. The van der Waals surface area contributed by atoms with Gasteiger partial charge in [0.1, 0.15) is 0 Å². The van der Waals surface area contributed by atoms with Gasteiger partial charge in [0.2, 0.25) is 9.76 Å². The van der Waals surface area contributed by atoms with E-state index in [1.54, 1.807) is 7.11 Å². The van der Waals surface area contributed by atoms with E-state index in [4.69, 9.17) is 4.43 Å². The molecule has 9 heavy (non-hydrogen) atoms. The first-order valence-electron chi connectivity index (χ1n) is 3.21. The molecule has 0 aliphatic heterocycles. The van der Waals surface area contributed by atoms with Crippen molar-refractivity contribution in [3.8, 4) is 0 Å². The average Bonchev–Trinajstić information content (AvgIpc) is 1.85. The third-order valence-corrected chi connectivity index (χ3v) is 2.28. The Kier molecular flexibility index (Phi) is 6.35. The van der Waals surface area contributed by atoms with E-state index in [9.17, 15) is 0 Å². The zero-order valence-electron chi connectivity index (χ0n) is 6.40. The van der Waals surface area contributed by atoms with Crippen molar-refractivity contribution in [3.63, 3.8) is 0 Å². The zero-order valence-corrected chi connectivity index (χ0v) is 7.40. The van der Waals surface area contributed by atoms with Gasteiger partial charge >= 0.3 is 0 Å². The Labute approximate surface area is 59.9 Å². The summed E-state index contributed by atoms with van der Waals surface area (Å²) < 4.78 is 4.96. The summed E-state index contributed by atoms with van der Waals surface area (Å²) in [4.78, 5) is 0. The topological polar surface area (TPSA) is 21.3 Å². The van der Waals surface area contributed by atoms with Crippen molar-refractivity contribution in [2.24, 2.45) is 5.92 Å². The fourth-order valence-electron chi connectivity index (χ4n) is 0.646. The van der Waals surface area contributed by atoms with Crippen LogP contribution in [0, 0.1) is 5.92 Å². The minimum absolute atomic E-state index is 0.665. The summed E-state index contributed by atoms with van der Waals surface area (Å²) in [7, 11) is 4.40. The van der Waals surface area contributed by atoms with Crippen molar-refractivity contribution >= 4 is 9.76 Å². The molecular formula is C6H15NOSi. The van der Waals surface area contributed by atoms with Crippen molar-refractivity contribution in [2.45, 2.75) is 13.0 Å². The fourth-order valence-corrected chi connectivity index (χ4v) is 1.24. The molecule has 1 atom stereocenters. The van der Waals surface area contributed by atoms with Gasteiger partial charge in [0.25, 0.3) is 0 Å². The maximum atomic E-state index is 4.96. The van der Waals surface area contributed by atoms with Crippen LogP contribution in [-0.2, 0) is 4.43 Å². The second-order valence-electron chi connectivity index (χ2n) is 2.22. The summed E-state index contributed by atoms with van der Waals surface area (Å²) in [5.74, 6) is 0.744. The first kappa shape index (κ1) is 9.14. The molecule has 0 amide bonds. The van der Waals surface area contributed by atoms with Crippen molar-refractivity contribution in [1.29, 1.82) is 0 Å². The van der Waals surface area contributed by atoms with Gasteiger partial charge < -0.3 is 9.74 Å². The van der Waals surface area contributed by atoms with E-state index in [1.807, 2.05) is 7.05 Å². The third kappa shape index (κ3) is 6.02. The molecule has 0 saturated carbocycles. The van der Waals surface area contributed by atoms with Crippen LogP contribution in [-0.4, -0.2) is 30.5 Å². The first-order valence-corrected chi connectivity index (χ1v) is 4.33. The molecule has 0 heterocycles. The van der Waals surface area contributed by atoms with Crippen molar-refractivity contribution in [2.75, 3.05) is 20.7 Å². The lowest BCUT2D eigenvalue weighted by molar-refractivity contribution is 0.430. The van der Waals surface area contributed by atoms with E-state index < -0.39 is 0 Å². The highest BCUT2D eigenvalue weighted by Crippen LogP contribution is 1.98. The first-order chi connectivity index (χ1) is 4.31. The summed E-state index contributed by atoms with van der Waals surface area (Å²) in [5.41, 5.74) is 0. The van der Waals surface area contributed by atoms with Crippen LogP contribution >= 0.6 is 0 Å². The predicted molar refractivity (Wildman–Crippen MR) is 40.7 cm³/mol. The zero-order chi connectivity index (χ0) is 7.11. The lowest BCUT2D eigenvalue weighted by Gasteiger charge is -2.06. The van der Waals surface area contributed by atoms with Gasteiger partial charge in [-0.15, -0.1) is 0 Å². The molecule has 0 aliphatic rings. The van der Waals surface area contributed by atoms with Crippen molar-refractivity contribution in [1.82, 2.24) is 5.32 Å². The van der Waals surface area contributed by atoms with Crippen molar-refractivity contribution in [3.05, 3.63) is 0 Å². The van der Waals surface area contributed by atoms with E-state index in [0.29, 0.717) is 9.76 Å². The Hall–Kier alpha value is 0.137. The molecule has 0 spiro atoms. The molecular weight excluding hydrogens is 130 g/mol. The van der Waals surface area contributed by atoms with Gasteiger partial charge in [-0.3, -0.25) is 0 Å². The number of hydrogen-bond acceptors (Lipinski definition) is 2. The molecule has 0 bridgehead atoms. The Morgan fingerprint density at radius 3 is 2.78 bits per heavy atom. The van der Waals surface area contributed by atoms with Gasteiger partial charge in [-0.2, -0.15) is 0 Å². The van der Waals surface area contributed by atoms with E-state index in [0.717, 1.165) is 12.5 Å². The van der Waals surface area contributed by atoms with Crippen LogP contribution in [0.25, 0.3) is 0 Å². The minimum atomic E-state index is 0.665. The summed E-state index contributed by atoms with van der Waals surface area (Å²) in [6.45, 7) is 3.32. The molecule has 54 valence electrons. The monoisotopic (exact) mass is 145 g/mol. The molecule has 0 rings (SSSR count). The van der Waals surface area contributed by atoms with Gasteiger partial charge in [0, 0.05) is 7.11 Å². The van der Waals surface area contributed by atoms with Gasteiger partial charge in [0.05, 0.1) is 0 Å². The van der Waals surface area contributed by atoms with Crippen LogP contribution in [0.3, 0.4) is 0 Å². The lowest BCUT2D eigenvalue weighted by atomic mass is 10.2. The van der Waals surface area contributed by atoms with Crippen LogP contribution in [0.1, 0.15) is 6.92 Å². The second-order valence-corrected chi connectivity index (χ2v) is 3.32. The molecule has 1 N–H and O–H groups in total. The molecule has 0 fully saturated rings. The third-order valence-electron chi connectivity index (χ3n) is 1.13. The highest BCUT2D eigenvalue weighted by atomic mass is 28.2. The predicted octanol–water partition coefficient (Wildman–Crippen LogP) is 0.526. The maximum Gasteiger partial charge on any atom is 0.229 e. The normalized spacial score (nSPS) is 13.7. The smallest absolute Gasteiger partial charge is 0.229 e. The Balaban J connectivity index is 2.95. The van der Waals surface area contributed by atoms with Gasteiger partial charge in [-0.25, -0.2) is 0 Å². The summed E-state index contributed by atoms with van der Waals surface area (Å²) in [6.07, 6.45) is 0. The Morgan fingerprint density at radius 2 is 2.33 bits per heavy atom. The molecule has 2 nitrogen and oxygen atoms in total. The number of nitrogens with one attached hydrogen (secondary N) is 1. The van der Waals surface area contributed by atoms with Gasteiger partial charge in [-0.05, 0) is 25.6 Å².